The molecule has 0 saturated heterocycles. The number of rotatable bonds is 13. The second-order valence-corrected chi connectivity index (χ2v) is 9.32. The fourth-order valence-corrected chi connectivity index (χ4v) is 4.41. The van der Waals surface area contributed by atoms with Crippen LogP contribution < -0.4 is 14.8 Å². The molecule has 3 aromatic rings. The van der Waals surface area contributed by atoms with Gasteiger partial charge in [-0.15, -0.1) is 0 Å². The van der Waals surface area contributed by atoms with Crippen LogP contribution in [0.1, 0.15) is 56.0 Å². The molecule has 1 aliphatic rings. The van der Waals surface area contributed by atoms with E-state index in [1.54, 1.807) is 6.20 Å². The zero-order valence-electron chi connectivity index (χ0n) is 21.1. The molecule has 1 atom stereocenters. The molecule has 0 bridgehead atoms. The van der Waals surface area contributed by atoms with Crippen LogP contribution in [0.25, 0.3) is 11.5 Å². The van der Waals surface area contributed by atoms with Crippen molar-refractivity contribution < 1.29 is 24.2 Å². The Balaban J connectivity index is 1.36. The first-order valence-corrected chi connectivity index (χ1v) is 12.8. The summed E-state index contributed by atoms with van der Waals surface area (Å²) in [6.45, 7) is 4.56. The van der Waals surface area contributed by atoms with Crippen LogP contribution in [0.15, 0.2) is 41.1 Å². The van der Waals surface area contributed by atoms with Crippen molar-refractivity contribution in [3.05, 3.63) is 53.5 Å². The summed E-state index contributed by atoms with van der Waals surface area (Å²) < 4.78 is 17.4. The Morgan fingerprint density at radius 1 is 1.19 bits per heavy atom. The van der Waals surface area contributed by atoms with Gasteiger partial charge in [-0.1, -0.05) is 37.1 Å². The molecule has 2 aromatic heterocycles. The molecule has 36 heavy (non-hydrogen) atoms. The summed E-state index contributed by atoms with van der Waals surface area (Å²) in [7, 11) is 0. The topological polar surface area (TPSA) is 123 Å². The maximum absolute atomic E-state index is 10.6. The third-order valence-electron chi connectivity index (χ3n) is 6.55. The van der Waals surface area contributed by atoms with Crippen molar-refractivity contribution in [2.24, 2.45) is 5.92 Å². The Morgan fingerprint density at radius 2 is 2.03 bits per heavy atom. The first kappa shape index (κ1) is 26.1. The highest BCUT2D eigenvalue weighted by Crippen LogP contribution is 2.30. The van der Waals surface area contributed by atoms with E-state index in [9.17, 15) is 5.11 Å². The number of pyridine rings is 1. The minimum absolute atomic E-state index is 0.0863. The highest BCUT2D eigenvalue weighted by Gasteiger charge is 2.26. The number of aromatic nitrogens is 3. The number of aliphatic hydroxyl groups excluding tert-OH is 1. The van der Waals surface area contributed by atoms with E-state index in [0.717, 1.165) is 17.5 Å². The lowest BCUT2D eigenvalue weighted by Crippen LogP contribution is -2.51. The Kier molecular flexibility index (Phi) is 8.90. The highest BCUT2D eigenvalue weighted by molar-refractivity contribution is 5.59. The molecule has 1 saturated carbocycles. The molecule has 1 fully saturated rings. The molecular formula is C27H36N4O5. The first-order chi connectivity index (χ1) is 17.5. The Morgan fingerprint density at radius 3 is 2.78 bits per heavy atom. The maximum Gasteiger partial charge on any atom is 0.267 e. The number of nitrogens with one attached hydrogen (secondary N) is 1. The molecule has 9 nitrogen and oxygen atoms in total. The third-order valence-corrected chi connectivity index (χ3v) is 6.55. The lowest BCUT2D eigenvalue weighted by Gasteiger charge is -2.29. The van der Waals surface area contributed by atoms with Gasteiger partial charge in [-0.3, -0.25) is 5.32 Å². The molecule has 1 aliphatic carbocycles. The summed E-state index contributed by atoms with van der Waals surface area (Å²) >= 11 is 0. The van der Waals surface area contributed by atoms with Crippen LogP contribution in [0.5, 0.6) is 11.6 Å². The Hall–Kier alpha value is -3.01. The number of hydrogen-bond donors (Lipinski definition) is 3. The lowest BCUT2D eigenvalue weighted by molar-refractivity contribution is -0.166. The van der Waals surface area contributed by atoms with Gasteiger partial charge in [-0.2, -0.15) is 4.98 Å². The van der Waals surface area contributed by atoms with Crippen LogP contribution in [-0.4, -0.2) is 51.0 Å². The van der Waals surface area contributed by atoms with E-state index in [1.165, 1.54) is 25.7 Å². The molecule has 9 heteroatoms. The van der Waals surface area contributed by atoms with Crippen molar-refractivity contribution in [1.29, 1.82) is 0 Å². The van der Waals surface area contributed by atoms with E-state index >= 15 is 0 Å². The molecule has 2 heterocycles. The quantitative estimate of drug-likeness (QED) is 0.303. The molecule has 194 valence electrons. The van der Waals surface area contributed by atoms with Crippen molar-refractivity contribution in [1.82, 2.24) is 20.4 Å². The van der Waals surface area contributed by atoms with E-state index in [-0.39, 0.29) is 13.2 Å². The number of hydrogen-bond acceptors (Lipinski definition) is 9. The van der Waals surface area contributed by atoms with Gasteiger partial charge in [0.05, 0.1) is 13.2 Å². The average molecular weight is 497 g/mol. The first-order valence-electron chi connectivity index (χ1n) is 12.8. The van der Waals surface area contributed by atoms with Gasteiger partial charge in [0.25, 0.3) is 11.8 Å². The molecule has 3 N–H and O–H groups in total. The van der Waals surface area contributed by atoms with Gasteiger partial charge < -0.3 is 24.2 Å². The van der Waals surface area contributed by atoms with E-state index in [1.807, 2.05) is 44.2 Å². The van der Waals surface area contributed by atoms with Gasteiger partial charge in [0.15, 0.2) is 5.82 Å². The van der Waals surface area contributed by atoms with Crippen molar-refractivity contribution >= 4 is 0 Å². The summed E-state index contributed by atoms with van der Waals surface area (Å²) in [5.74, 6) is 1.20. The number of benzene rings is 1. The molecule has 4 rings (SSSR count). The summed E-state index contributed by atoms with van der Waals surface area (Å²) in [5, 5.41) is 26.6. The molecule has 0 aliphatic heterocycles. The number of nitrogens with zero attached hydrogens (tertiary/aromatic N) is 3. The SMILES string of the molecule is CC[C@@](O)(NCCO)Oc1ccc(CCc2noc(-c3cccnc3OCC3CCCC3)n2)cc1C. The predicted octanol–water partition coefficient (Wildman–Crippen LogP) is 3.81. The standard InChI is InChI=1S/C27H36N4O5/c1-3-27(33,29-15-16-32)35-23-12-10-20(17-19(23)2)11-13-24-30-26(36-31-24)22-9-6-14-28-25(22)34-18-21-7-4-5-8-21/h6,9-10,12,14,17,21,29,32-33H,3-5,7-8,11,13,15-16,18H2,1-2H3/t27-/m0/s1. The molecule has 1 aromatic carbocycles. The summed E-state index contributed by atoms with van der Waals surface area (Å²) in [6, 6.07) is 9.56. The fourth-order valence-electron chi connectivity index (χ4n) is 4.41. The van der Waals surface area contributed by atoms with Crippen LogP contribution in [-0.2, 0) is 12.8 Å². The minimum atomic E-state index is -1.53. The van der Waals surface area contributed by atoms with E-state index < -0.39 is 5.91 Å². The summed E-state index contributed by atoms with van der Waals surface area (Å²) in [6.07, 6.45) is 8.34. The molecule has 0 unspecified atom stereocenters. The number of ether oxygens (including phenoxy) is 2. The van der Waals surface area contributed by atoms with E-state index in [0.29, 0.717) is 54.3 Å². The highest BCUT2D eigenvalue weighted by atomic mass is 16.6. The number of aryl methyl sites for hydroxylation is 3. The largest absolute Gasteiger partial charge is 0.477 e. The molecular weight excluding hydrogens is 460 g/mol. The minimum Gasteiger partial charge on any atom is -0.477 e. The zero-order chi connectivity index (χ0) is 25.4. The molecule has 0 amide bonds. The van der Waals surface area contributed by atoms with Crippen LogP contribution in [0, 0.1) is 12.8 Å². The van der Waals surface area contributed by atoms with Crippen LogP contribution in [0.4, 0.5) is 0 Å². The van der Waals surface area contributed by atoms with E-state index in [4.69, 9.17) is 19.1 Å². The van der Waals surface area contributed by atoms with Crippen LogP contribution >= 0.6 is 0 Å². The second-order valence-electron chi connectivity index (χ2n) is 9.32. The number of aliphatic hydroxyl groups is 2. The smallest absolute Gasteiger partial charge is 0.267 e. The fraction of sp³-hybridized carbons (Fsp3) is 0.519. The average Bonchev–Trinajstić information content (AvgIpc) is 3.59. The Labute approximate surface area is 211 Å². The summed E-state index contributed by atoms with van der Waals surface area (Å²) in [4.78, 5) is 8.97. The van der Waals surface area contributed by atoms with Crippen molar-refractivity contribution in [3.63, 3.8) is 0 Å². The second kappa shape index (κ2) is 12.3. The van der Waals surface area contributed by atoms with Crippen LogP contribution in [0.2, 0.25) is 0 Å². The lowest BCUT2D eigenvalue weighted by atomic mass is 10.1. The van der Waals surface area contributed by atoms with Gasteiger partial charge in [0, 0.05) is 25.6 Å². The normalized spacial score (nSPS) is 15.7. The van der Waals surface area contributed by atoms with Gasteiger partial charge in [0.1, 0.15) is 11.3 Å². The molecule has 0 radical (unpaired) electrons. The molecule has 0 spiro atoms. The van der Waals surface area contributed by atoms with Crippen LogP contribution in [0.3, 0.4) is 0 Å². The monoisotopic (exact) mass is 496 g/mol. The zero-order valence-corrected chi connectivity index (χ0v) is 21.1. The van der Waals surface area contributed by atoms with Crippen molar-refractivity contribution in [3.8, 4) is 23.1 Å². The van der Waals surface area contributed by atoms with Gasteiger partial charge in [-0.25, -0.2) is 4.98 Å². The van der Waals surface area contributed by atoms with E-state index in [2.05, 4.69) is 20.4 Å². The van der Waals surface area contributed by atoms with Gasteiger partial charge in [0.2, 0.25) is 5.88 Å². The van der Waals surface area contributed by atoms with Crippen molar-refractivity contribution in [2.45, 2.75) is 64.7 Å². The van der Waals surface area contributed by atoms with Crippen molar-refractivity contribution in [2.75, 3.05) is 19.8 Å². The Bertz CT molecular complexity index is 1120. The van der Waals surface area contributed by atoms with Gasteiger partial charge >= 0.3 is 0 Å². The third kappa shape index (κ3) is 6.81. The van der Waals surface area contributed by atoms with Gasteiger partial charge in [-0.05, 0) is 61.4 Å². The summed E-state index contributed by atoms with van der Waals surface area (Å²) in [5.41, 5.74) is 2.71. The predicted molar refractivity (Wildman–Crippen MR) is 135 cm³/mol. The maximum atomic E-state index is 10.6.